The van der Waals surface area contributed by atoms with Gasteiger partial charge < -0.3 is 14.7 Å². The maximum atomic E-state index is 10.7. The van der Waals surface area contributed by atoms with Crippen LogP contribution in [0.3, 0.4) is 0 Å². The van der Waals surface area contributed by atoms with Gasteiger partial charge in [0.05, 0.1) is 5.56 Å². The molecule has 2 rings (SSSR count). The van der Waals surface area contributed by atoms with E-state index in [0.717, 1.165) is 4.90 Å². The topological polar surface area (TPSA) is 83.6 Å². The molecule has 17 heavy (non-hydrogen) atoms. The van der Waals surface area contributed by atoms with E-state index in [0.29, 0.717) is 5.56 Å². The highest BCUT2D eigenvalue weighted by Gasteiger charge is 2.17. The molecule has 0 atom stereocenters. The molecule has 0 amide bonds. The van der Waals surface area contributed by atoms with Gasteiger partial charge in [0.15, 0.2) is 11.5 Å². The maximum absolute atomic E-state index is 10.7. The number of nitrogens with zero attached hydrogens (tertiary/aromatic N) is 1. The number of thioether (sulfide) groups is 1. The lowest BCUT2D eigenvalue weighted by atomic mass is 10.1. The van der Waals surface area contributed by atoms with Crippen LogP contribution in [-0.2, 0) is 0 Å². The van der Waals surface area contributed by atoms with Crippen LogP contribution in [0.25, 0.3) is 11.3 Å². The van der Waals surface area contributed by atoms with Gasteiger partial charge in [-0.15, -0.1) is 11.8 Å². The fraction of sp³-hybridized carbons (Fsp3) is 0.0909. The van der Waals surface area contributed by atoms with Crippen LogP contribution in [0.1, 0.15) is 10.5 Å². The number of hydrogen-bond acceptors (Lipinski definition) is 5. The fourth-order valence-corrected chi connectivity index (χ4v) is 2.06. The zero-order valence-electron chi connectivity index (χ0n) is 8.88. The van der Waals surface area contributed by atoms with Gasteiger partial charge in [-0.25, -0.2) is 4.79 Å². The quantitative estimate of drug-likeness (QED) is 0.815. The van der Waals surface area contributed by atoms with Crippen molar-refractivity contribution >= 4 is 17.7 Å². The van der Waals surface area contributed by atoms with Crippen molar-refractivity contribution in [3.05, 3.63) is 30.0 Å². The molecule has 2 N–H and O–H groups in total. The highest BCUT2D eigenvalue weighted by atomic mass is 32.2. The molecule has 0 fully saturated rings. The van der Waals surface area contributed by atoms with Crippen LogP contribution >= 0.6 is 11.8 Å². The summed E-state index contributed by atoms with van der Waals surface area (Å²) in [6.07, 6.45) is 1.85. The van der Waals surface area contributed by atoms with Crippen LogP contribution in [-0.4, -0.2) is 27.6 Å². The fourth-order valence-electron chi connectivity index (χ4n) is 1.43. The smallest absolute Gasteiger partial charge is 0.358 e. The summed E-state index contributed by atoms with van der Waals surface area (Å²) in [5, 5.41) is 21.9. The molecule has 0 saturated carbocycles. The van der Waals surface area contributed by atoms with Crippen molar-refractivity contribution < 1.29 is 19.5 Å². The molecule has 2 aromatic rings. The summed E-state index contributed by atoms with van der Waals surface area (Å²) in [5.74, 6) is -0.893. The third kappa shape index (κ3) is 2.12. The summed E-state index contributed by atoms with van der Waals surface area (Å²) >= 11 is 1.43. The maximum Gasteiger partial charge on any atom is 0.358 e. The Kier molecular flexibility index (Phi) is 3.06. The van der Waals surface area contributed by atoms with Gasteiger partial charge in [-0.1, -0.05) is 11.2 Å². The van der Waals surface area contributed by atoms with Crippen molar-refractivity contribution in [3.8, 4) is 17.1 Å². The monoisotopic (exact) mass is 251 g/mol. The molecule has 6 heteroatoms. The molecule has 1 heterocycles. The summed E-state index contributed by atoms with van der Waals surface area (Å²) in [6, 6.07) is 6.32. The number of carboxylic acid groups (broad SMARTS) is 1. The highest BCUT2D eigenvalue weighted by Crippen LogP contribution is 2.37. The number of aromatic nitrogens is 1. The van der Waals surface area contributed by atoms with Crippen molar-refractivity contribution in [2.75, 3.05) is 6.26 Å². The van der Waals surface area contributed by atoms with E-state index in [9.17, 15) is 9.90 Å². The molecular weight excluding hydrogens is 242 g/mol. The van der Waals surface area contributed by atoms with Crippen molar-refractivity contribution in [2.45, 2.75) is 4.90 Å². The van der Waals surface area contributed by atoms with Crippen LogP contribution in [0.5, 0.6) is 5.75 Å². The molecule has 0 aliphatic rings. The Balaban J connectivity index is 2.55. The van der Waals surface area contributed by atoms with Crippen LogP contribution in [0.15, 0.2) is 33.7 Å². The summed E-state index contributed by atoms with van der Waals surface area (Å²) in [6.45, 7) is 0. The summed E-state index contributed by atoms with van der Waals surface area (Å²) < 4.78 is 4.93. The molecule has 88 valence electrons. The van der Waals surface area contributed by atoms with E-state index in [2.05, 4.69) is 5.16 Å². The number of hydrogen-bond donors (Lipinski definition) is 2. The Bertz CT molecular complexity index is 564. The average Bonchev–Trinajstić information content (AvgIpc) is 2.77. The molecular formula is C11H9NO4S. The van der Waals surface area contributed by atoms with E-state index in [4.69, 9.17) is 9.63 Å². The minimum atomic E-state index is -1.17. The second kappa shape index (κ2) is 4.50. The van der Waals surface area contributed by atoms with Crippen molar-refractivity contribution in [3.63, 3.8) is 0 Å². The van der Waals surface area contributed by atoms with Crippen LogP contribution < -0.4 is 0 Å². The largest absolute Gasteiger partial charge is 0.507 e. The van der Waals surface area contributed by atoms with E-state index in [1.165, 1.54) is 23.9 Å². The second-order valence-electron chi connectivity index (χ2n) is 3.24. The number of aromatic carboxylic acids is 1. The molecule has 0 unspecified atom stereocenters. The standard InChI is InChI=1S/C11H9NO4S/c1-17-9-4-2-3-7(13)10(9)8-5-6(11(14)15)12-16-8/h2-5,13H,1H3,(H,14,15). The molecule has 1 aromatic heterocycles. The summed E-state index contributed by atoms with van der Waals surface area (Å²) in [4.78, 5) is 11.5. The van der Waals surface area contributed by atoms with Gasteiger partial charge in [-0.3, -0.25) is 0 Å². The first-order chi connectivity index (χ1) is 8.13. The number of rotatable bonds is 3. The molecule has 0 aliphatic carbocycles. The zero-order chi connectivity index (χ0) is 12.4. The van der Waals surface area contributed by atoms with Crippen LogP contribution in [0.4, 0.5) is 0 Å². The lowest BCUT2D eigenvalue weighted by Crippen LogP contribution is -1.94. The molecule has 1 aromatic carbocycles. The lowest BCUT2D eigenvalue weighted by Gasteiger charge is -2.05. The van der Waals surface area contributed by atoms with Crippen LogP contribution in [0.2, 0.25) is 0 Å². The van der Waals surface area contributed by atoms with Crippen molar-refractivity contribution in [1.82, 2.24) is 5.16 Å². The normalized spacial score (nSPS) is 10.4. The summed E-state index contributed by atoms with van der Waals surface area (Å²) in [7, 11) is 0. The number of phenols is 1. The van der Waals surface area contributed by atoms with Gasteiger partial charge in [-0.05, 0) is 18.4 Å². The molecule has 0 bridgehead atoms. The first kappa shape index (κ1) is 11.5. The van der Waals surface area contributed by atoms with Gasteiger partial charge in [0.2, 0.25) is 0 Å². The molecule has 0 aliphatic heterocycles. The zero-order valence-corrected chi connectivity index (χ0v) is 9.69. The molecule has 5 nitrogen and oxygen atoms in total. The Morgan fingerprint density at radius 2 is 2.24 bits per heavy atom. The van der Waals surface area contributed by atoms with Gasteiger partial charge in [0, 0.05) is 11.0 Å². The molecule has 0 spiro atoms. The van der Waals surface area contributed by atoms with Crippen LogP contribution in [0, 0.1) is 0 Å². The Labute approximate surface area is 101 Å². The average molecular weight is 251 g/mol. The SMILES string of the molecule is CSc1cccc(O)c1-c1cc(C(=O)O)no1. The molecule has 0 radical (unpaired) electrons. The Morgan fingerprint density at radius 1 is 1.47 bits per heavy atom. The molecule has 0 saturated heterocycles. The van der Waals surface area contributed by atoms with Crippen molar-refractivity contribution in [2.24, 2.45) is 0 Å². The van der Waals surface area contributed by atoms with Gasteiger partial charge >= 0.3 is 5.97 Å². The Morgan fingerprint density at radius 3 is 2.82 bits per heavy atom. The van der Waals surface area contributed by atoms with E-state index in [1.54, 1.807) is 6.07 Å². The highest BCUT2D eigenvalue weighted by molar-refractivity contribution is 7.98. The van der Waals surface area contributed by atoms with Gasteiger partial charge in [0.25, 0.3) is 0 Å². The minimum absolute atomic E-state index is 0.0324. The van der Waals surface area contributed by atoms with Gasteiger partial charge in [0.1, 0.15) is 5.75 Å². The lowest BCUT2D eigenvalue weighted by molar-refractivity contribution is 0.0686. The third-order valence-corrected chi connectivity index (χ3v) is 2.98. The van der Waals surface area contributed by atoms with E-state index >= 15 is 0 Å². The second-order valence-corrected chi connectivity index (χ2v) is 4.08. The van der Waals surface area contributed by atoms with E-state index < -0.39 is 5.97 Å². The summed E-state index contributed by atoms with van der Waals surface area (Å²) in [5.41, 5.74) is 0.273. The number of phenolic OH excluding ortho intramolecular Hbond substituents is 1. The number of aromatic hydroxyl groups is 1. The minimum Gasteiger partial charge on any atom is -0.507 e. The Hall–Kier alpha value is -1.95. The first-order valence-electron chi connectivity index (χ1n) is 4.70. The number of benzene rings is 1. The van der Waals surface area contributed by atoms with E-state index in [1.807, 2.05) is 12.3 Å². The first-order valence-corrected chi connectivity index (χ1v) is 5.92. The third-order valence-electron chi connectivity index (χ3n) is 2.20. The number of carbonyl (C=O) groups is 1. The van der Waals surface area contributed by atoms with Crippen molar-refractivity contribution in [1.29, 1.82) is 0 Å². The van der Waals surface area contributed by atoms with Gasteiger partial charge in [-0.2, -0.15) is 0 Å². The predicted octanol–water partition coefficient (Wildman–Crippen LogP) is 2.47. The predicted molar refractivity (Wildman–Crippen MR) is 62.3 cm³/mol. The van der Waals surface area contributed by atoms with E-state index in [-0.39, 0.29) is 17.2 Å². The number of carboxylic acids is 1.